The lowest BCUT2D eigenvalue weighted by Gasteiger charge is -2.46. The maximum atomic E-state index is 14.1. The van der Waals surface area contributed by atoms with Gasteiger partial charge in [0.1, 0.15) is 5.82 Å². The molecular formula is C23H26FN3O2. The lowest BCUT2D eigenvalue weighted by Crippen LogP contribution is -2.51. The van der Waals surface area contributed by atoms with Crippen LogP contribution in [0, 0.1) is 17.7 Å². The molecule has 5 nitrogen and oxygen atoms in total. The normalized spacial score (nSPS) is 23.3. The number of rotatable bonds is 4. The molecule has 2 N–H and O–H groups in total. The van der Waals surface area contributed by atoms with E-state index in [2.05, 4.69) is 17.6 Å². The second kappa shape index (κ2) is 7.50. The van der Waals surface area contributed by atoms with E-state index in [0.717, 1.165) is 29.8 Å². The Morgan fingerprint density at radius 1 is 1.10 bits per heavy atom. The number of halogens is 1. The van der Waals surface area contributed by atoms with E-state index in [1.165, 1.54) is 12.1 Å². The molecule has 1 fully saturated rings. The molecule has 4 rings (SSSR count). The van der Waals surface area contributed by atoms with Gasteiger partial charge in [-0.25, -0.2) is 4.39 Å². The predicted octanol–water partition coefficient (Wildman–Crippen LogP) is 4.12. The maximum Gasteiger partial charge on any atom is 0.251 e. The van der Waals surface area contributed by atoms with Gasteiger partial charge in [-0.05, 0) is 61.2 Å². The zero-order chi connectivity index (χ0) is 20.7. The molecule has 2 amide bonds. The van der Waals surface area contributed by atoms with Gasteiger partial charge >= 0.3 is 0 Å². The van der Waals surface area contributed by atoms with Gasteiger partial charge in [-0.3, -0.25) is 9.59 Å². The van der Waals surface area contributed by atoms with Crippen LogP contribution in [0.15, 0.2) is 42.5 Å². The number of nitrogens with one attached hydrogen (secondary N) is 2. The molecule has 1 heterocycles. The molecule has 6 heteroatoms. The largest absolute Gasteiger partial charge is 0.378 e. The molecule has 2 aliphatic rings. The van der Waals surface area contributed by atoms with E-state index < -0.39 is 0 Å². The highest BCUT2D eigenvalue weighted by molar-refractivity contribution is 5.95. The van der Waals surface area contributed by atoms with Crippen LogP contribution in [-0.4, -0.2) is 24.9 Å². The van der Waals surface area contributed by atoms with Crippen LogP contribution >= 0.6 is 0 Å². The third kappa shape index (κ3) is 3.59. The van der Waals surface area contributed by atoms with Crippen molar-refractivity contribution in [2.24, 2.45) is 11.8 Å². The van der Waals surface area contributed by atoms with Crippen molar-refractivity contribution in [1.29, 1.82) is 0 Å². The summed E-state index contributed by atoms with van der Waals surface area (Å²) in [6, 6.07) is 11.9. The van der Waals surface area contributed by atoms with Crippen LogP contribution < -0.4 is 15.5 Å². The number of carbonyl (C=O) groups is 2. The summed E-state index contributed by atoms with van der Waals surface area (Å²) < 4.78 is 14.1. The quantitative estimate of drug-likeness (QED) is 0.819. The van der Waals surface area contributed by atoms with Gasteiger partial charge in [0.15, 0.2) is 0 Å². The van der Waals surface area contributed by atoms with E-state index in [1.54, 1.807) is 32.2 Å². The number of hydrogen-bond donors (Lipinski definition) is 2. The van der Waals surface area contributed by atoms with Crippen molar-refractivity contribution < 1.29 is 14.0 Å². The van der Waals surface area contributed by atoms with Crippen molar-refractivity contribution >= 4 is 23.2 Å². The standard InChI is InChI=1S/C23H26FN3O2/c1-13-21(26-18-9-6-16(7-10-18)23(29)25-3)19-12-17(24)8-11-20(19)27(14(2)28)22(13)15-4-5-15/h6-13,15,21-22,26H,4-5H2,1-3H3,(H,25,29)/t13-,21-,22+/m1/s1. The molecule has 1 aliphatic heterocycles. The highest BCUT2D eigenvalue weighted by Gasteiger charge is 2.47. The van der Waals surface area contributed by atoms with Crippen LogP contribution in [0.25, 0.3) is 0 Å². The average molecular weight is 395 g/mol. The van der Waals surface area contributed by atoms with Gasteiger partial charge in [0, 0.05) is 48.4 Å². The van der Waals surface area contributed by atoms with Gasteiger partial charge in [-0.1, -0.05) is 6.92 Å². The lowest BCUT2D eigenvalue weighted by molar-refractivity contribution is -0.117. The minimum absolute atomic E-state index is 0.00464. The van der Waals surface area contributed by atoms with E-state index in [9.17, 15) is 14.0 Å². The molecule has 152 valence electrons. The molecule has 0 radical (unpaired) electrons. The van der Waals surface area contributed by atoms with Gasteiger partial charge in [0.25, 0.3) is 5.91 Å². The molecule has 0 spiro atoms. The SMILES string of the molecule is CNC(=O)c1ccc(N[C@H]2c3cc(F)ccc3N(C(C)=O)[C@H](C3CC3)[C@@H]2C)cc1. The second-order valence-electron chi connectivity index (χ2n) is 8.06. The molecule has 2 aromatic rings. The third-order valence-corrected chi connectivity index (χ3v) is 6.09. The van der Waals surface area contributed by atoms with Crippen molar-refractivity contribution in [2.75, 3.05) is 17.3 Å². The summed E-state index contributed by atoms with van der Waals surface area (Å²) >= 11 is 0. The summed E-state index contributed by atoms with van der Waals surface area (Å²) in [5, 5.41) is 6.14. The molecule has 1 saturated carbocycles. The molecule has 0 aromatic heterocycles. The Morgan fingerprint density at radius 3 is 2.38 bits per heavy atom. The van der Waals surface area contributed by atoms with Crippen LogP contribution in [0.2, 0.25) is 0 Å². The minimum Gasteiger partial charge on any atom is -0.378 e. The molecule has 2 aromatic carbocycles. The molecule has 0 unspecified atom stereocenters. The number of fused-ring (bicyclic) bond motifs is 1. The van der Waals surface area contributed by atoms with Crippen molar-refractivity contribution in [2.45, 2.75) is 38.8 Å². The monoisotopic (exact) mass is 395 g/mol. The Kier molecular flexibility index (Phi) is 5.03. The fourth-order valence-corrected chi connectivity index (χ4v) is 4.58. The number of carbonyl (C=O) groups excluding carboxylic acids is 2. The van der Waals surface area contributed by atoms with E-state index in [4.69, 9.17) is 0 Å². The summed E-state index contributed by atoms with van der Waals surface area (Å²) in [7, 11) is 1.60. The van der Waals surface area contributed by atoms with Crippen LogP contribution in [0.5, 0.6) is 0 Å². The first-order valence-corrected chi connectivity index (χ1v) is 10.1. The van der Waals surface area contributed by atoms with E-state index in [0.29, 0.717) is 11.5 Å². The van der Waals surface area contributed by atoms with Gasteiger partial charge in [-0.2, -0.15) is 0 Å². The van der Waals surface area contributed by atoms with Gasteiger partial charge in [-0.15, -0.1) is 0 Å². The highest BCUT2D eigenvalue weighted by atomic mass is 19.1. The number of amides is 2. The number of benzene rings is 2. The van der Waals surface area contributed by atoms with E-state index in [-0.39, 0.29) is 35.6 Å². The van der Waals surface area contributed by atoms with Crippen LogP contribution in [0.3, 0.4) is 0 Å². The van der Waals surface area contributed by atoms with Gasteiger partial charge < -0.3 is 15.5 Å². The highest BCUT2D eigenvalue weighted by Crippen LogP contribution is 2.50. The molecule has 0 saturated heterocycles. The van der Waals surface area contributed by atoms with E-state index >= 15 is 0 Å². The Hall–Kier alpha value is -2.89. The van der Waals surface area contributed by atoms with Crippen LogP contribution in [0.4, 0.5) is 15.8 Å². The van der Waals surface area contributed by atoms with Crippen molar-refractivity contribution in [3.8, 4) is 0 Å². The van der Waals surface area contributed by atoms with Gasteiger partial charge in [0.05, 0.1) is 6.04 Å². The van der Waals surface area contributed by atoms with Crippen molar-refractivity contribution in [3.63, 3.8) is 0 Å². The molecule has 1 aliphatic carbocycles. The Balaban J connectivity index is 1.71. The van der Waals surface area contributed by atoms with Crippen LogP contribution in [0.1, 0.15) is 48.7 Å². The number of hydrogen-bond acceptors (Lipinski definition) is 3. The zero-order valence-corrected chi connectivity index (χ0v) is 16.9. The second-order valence-corrected chi connectivity index (χ2v) is 8.06. The summed E-state index contributed by atoms with van der Waals surface area (Å²) in [4.78, 5) is 26.2. The van der Waals surface area contributed by atoms with E-state index in [1.807, 2.05) is 17.0 Å². The summed E-state index contributed by atoms with van der Waals surface area (Å²) in [5.74, 6) is 0.133. The topological polar surface area (TPSA) is 61.4 Å². The summed E-state index contributed by atoms with van der Waals surface area (Å²) in [6.07, 6.45) is 2.23. The minimum atomic E-state index is -0.314. The predicted molar refractivity (Wildman–Crippen MR) is 111 cm³/mol. The smallest absolute Gasteiger partial charge is 0.251 e. The van der Waals surface area contributed by atoms with Crippen molar-refractivity contribution in [1.82, 2.24) is 5.32 Å². The number of nitrogens with zero attached hydrogens (tertiary/aromatic N) is 1. The average Bonchev–Trinajstić information content (AvgIpc) is 3.54. The maximum absolute atomic E-state index is 14.1. The fraction of sp³-hybridized carbons (Fsp3) is 0.391. The first-order chi connectivity index (χ1) is 13.9. The number of anilines is 2. The molecule has 0 bridgehead atoms. The van der Waals surface area contributed by atoms with Gasteiger partial charge in [0.2, 0.25) is 5.91 Å². The Bertz CT molecular complexity index is 940. The summed E-state index contributed by atoms with van der Waals surface area (Å²) in [6.45, 7) is 3.71. The Morgan fingerprint density at radius 2 is 1.79 bits per heavy atom. The van der Waals surface area contributed by atoms with Crippen molar-refractivity contribution in [3.05, 3.63) is 59.4 Å². The first kappa shape index (κ1) is 19.4. The third-order valence-electron chi connectivity index (χ3n) is 6.09. The zero-order valence-electron chi connectivity index (χ0n) is 16.9. The summed E-state index contributed by atoms with van der Waals surface area (Å²) in [5.41, 5.74) is 3.02. The Labute approximate surface area is 170 Å². The van der Waals surface area contributed by atoms with Crippen LogP contribution in [-0.2, 0) is 4.79 Å². The molecule has 3 atom stereocenters. The molecule has 29 heavy (non-hydrogen) atoms. The lowest BCUT2D eigenvalue weighted by atomic mass is 9.79. The molecular weight excluding hydrogens is 369 g/mol. The first-order valence-electron chi connectivity index (χ1n) is 10.1. The fourth-order valence-electron chi connectivity index (χ4n) is 4.58.